The zero-order chi connectivity index (χ0) is 25.5. The molecular weight excluding hydrogens is 432 g/mol. The van der Waals surface area contributed by atoms with Gasteiger partial charge in [-0.25, -0.2) is 4.79 Å². The van der Waals surface area contributed by atoms with Gasteiger partial charge in [-0.15, -0.1) is 0 Å². The maximum Gasteiger partial charge on any atom is 0.332 e. The van der Waals surface area contributed by atoms with Gasteiger partial charge in [-0.05, 0) is 12.8 Å². The molecule has 0 aliphatic heterocycles. The van der Waals surface area contributed by atoms with Crippen molar-refractivity contribution in [1.82, 2.24) is 0 Å². The fourth-order valence-corrected chi connectivity index (χ4v) is 4.72. The number of rotatable bonds is 30. The Kier molecular flexibility index (Phi) is 30.9. The first-order valence-corrected chi connectivity index (χ1v) is 16.0. The quantitative estimate of drug-likeness (QED) is 0.0732. The molecule has 0 N–H and O–H groups in total. The lowest BCUT2D eigenvalue weighted by Crippen LogP contribution is -2.14. The van der Waals surface area contributed by atoms with E-state index in [2.05, 4.69) is 13.8 Å². The number of esters is 1. The van der Waals surface area contributed by atoms with Crippen molar-refractivity contribution in [2.45, 2.75) is 181 Å². The molecule has 0 aliphatic carbocycles. The lowest BCUT2D eigenvalue weighted by Gasteiger charge is -2.06. The summed E-state index contributed by atoms with van der Waals surface area (Å²) in [5, 5.41) is 0. The summed E-state index contributed by atoms with van der Waals surface area (Å²) in [6.45, 7) is 5.92. The summed E-state index contributed by atoms with van der Waals surface area (Å²) in [5.41, 5.74) is 0. The van der Waals surface area contributed by atoms with Crippen molar-refractivity contribution < 1.29 is 14.3 Å². The minimum atomic E-state index is -0.196. The van der Waals surface area contributed by atoms with Gasteiger partial charge in [0, 0.05) is 6.61 Å². The van der Waals surface area contributed by atoms with Crippen molar-refractivity contribution in [3.8, 4) is 0 Å². The van der Waals surface area contributed by atoms with E-state index in [-0.39, 0.29) is 12.6 Å². The van der Waals surface area contributed by atoms with Crippen LogP contribution < -0.4 is 0 Å². The van der Waals surface area contributed by atoms with Crippen LogP contribution in [-0.4, -0.2) is 25.8 Å². The van der Waals surface area contributed by atoms with Gasteiger partial charge >= 0.3 is 5.97 Å². The van der Waals surface area contributed by atoms with Gasteiger partial charge < -0.3 is 9.47 Å². The molecule has 0 unspecified atom stereocenters. The fourth-order valence-electron chi connectivity index (χ4n) is 4.72. The third-order valence-electron chi connectivity index (χ3n) is 7.12. The standard InChI is InChI=1S/C32H64O3/c1-3-5-7-9-11-13-15-17-19-21-23-25-27-29-34-31-32(33)35-30-28-26-24-22-20-18-16-14-12-10-8-6-4-2/h3-31H2,1-2H3. The Morgan fingerprint density at radius 1 is 0.400 bits per heavy atom. The molecule has 0 heterocycles. The van der Waals surface area contributed by atoms with E-state index < -0.39 is 0 Å². The molecular formula is C32H64O3. The first kappa shape index (κ1) is 34.4. The Balaban J connectivity index is 3.14. The van der Waals surface area contributed by atoms with Crippen LogP contribution in [0.15, 0.2) is 0 Å². The summed E-state index contributed by atoms with van der Waals surface area (Å²) >= 11 is 0. The van der Waals surface area contributed by atoms with E-state index in [1.807, 2.05) is 0 Å². The summed E-state index contributed by atoms with van der Waals surface area (Å²) in [6, 6.07) is 0. The molecule has 0 fully saturated rings. The minimum absolute atomic E-state index is 0.122. The summed E-state index contributed by atoms with van der Waals surface area (Å²) in [5.74, 6) is -0.196. The van der Waals surface area contributed by atoms with E-state index in [1.54, 1.807) is 0 Å². The van der Waals surface area contributed by atoms with Gasteiger partial charge in [-0.1, -0.05) is 168 Å². The van der Waals surface area contributed by atoms with Gasteiger partial charge in [0.15, 0.2) is 0 Å². The number of hydrogen-bond donors (Lipinski definition) is 0. The zero-order valence-electron chi connectivity index (χ0n) is 24.2. The van der Waals surface area contributed by atoms with E-state index in [4.69, 9.17) is 9.47 Å². The molecule has 3 heteroatoms. The zero-order valence-corrected chi connectivity index (χ0v) is 24.2. The molecule has 3 nitrogen and oxygen atoms in total. The average molecular weight is 497 g/mol. The van der Waals surface area contributed by atoms with Crippen LogP contribution in [-0.2, 0) is 14.3 Å². The SMILES string of the molecule is CCCCCCCCCCCCCCCOCC(=O)OCCCCCCCCCCCCCCC. The minimum Gasteiger partial charge on any atom is -0.464 e. The van der Waals surface area contributed by atoms with Crippen molar-refractivity contribution in [2.75, 3.05) is 19.8 Å². The highest BCUT2D eigenvalue weighted by atomic mass is 16.6. The Morgan fingerprint density at radius 2 is 0.686 bits per heavy atom. The third kappa shape index (κ3) is 31.4. The second-order valence-electron chi connectivity index (χ2n) is 10.8. The molecule has 0 saturated carbocycles. The van der Waals surface area contributed by atoms with E-state index in [9.17, 15) is 4.79 Å². The summed E-state index contributed by atoms with van der Waals surface area (Å²) in [6.07, 6.45) is 34.9. The van der Waals surface area contributed by atoms with E-state index in [0.29, 0.717) is 13.2 Å². The van der Waals surface area contributed by atoms with E-state index >= 15 is 0 Å². The molecule has 0 aliphatic rings. The van der Waals surface area contributed by atoms with Crippen LogP contribution in [0.5, 0.6) is 0 Å². The molecule has 0 rings (SSSR count). The molecule has 35 heavy (non-hydrogen) atoms. The Bertz CT molecular complexity index is 396. The summed E-state index contributed by atoms with van der Waals surface area (Å²) < 4.78 is 10.8. The highest BCUT2D eigenvalue weighted by Crippen LogP contribution is 2.13. The fraction of sp³-hybridized carbons (Fsp3) is 0.969. The monoisotopic (exact) mass is 496 g/mol. The van der Waals surface area contributed by atoms with Crippen molar-refractivity contribution in [3.63, 3.8) is 0 Å². The normalized spacial score (nSPS) is 11.3. The molecule has 0 bridgehead atoms. The van der Waals surface area contributed by atoms with Crippen molar-refractivity contribution in [3.05, 3.63) is 0 Å². The largest absolute Gasteiger partial charge is 0.464 e. The Morgan fingerprint density at radius 3 is 1.03 bits per heavy atom. The highest BCUT2D eigenvalue weighted by Gasteiger charge is 2.03. The predicted octanol–water partition coefficient (Wildman–Crippen LogP) is 10.7. The molecule has 0 spiro atoms. The maximum atomic E-state index is 11.7. The van der Waals surface area contributed by atoms with Crippen LogP contribution in [0.3, 0.4) is 0 Å². The molecule has 0 aromatic heterocycles. The van der Waals surface area contributed by atoms with Crippen molar-refractivity contribution >= 4 is 5.97 Å². The first-order chi connectivity index (χ1) is 17.3. The smallest absolute Gasteiger partial charge is 0.332 e. The number of ether oxygens (including phenoxy) is 2. The molecule has 0 aromatic carbocycles. The lowest BCUT2D eigenvalue weighted by atomic mass is 10.0. The molecule has 0 aromatic rings. The van der Waals surface area contributed by atoms with Gasteiger partial charge in [-0.2, -0.15) is 0 Å². The summed E-state index contributed by atoms with van der Waals surface area (Å²) in [4.78, 5) is 11.7. The van der Waals surface area contributed by atoms with Gasteiger partial charge in [0.25, 0.3) is 0 Å². The Labute approximate surface area is 220 Å². The van der Waals surface area contributed by atoms with E-state index in [1.165, 1.54) is 154 Å². The van der Waals surface area contributed by atoms with Crippen LogP contribution >= 0.6 is 0 Å². The second-order valence-corrected chi connectivity index (χ2v) is 10.8. The maximum absolute atomic E-state index is 11.7. The Hall–Kier alpha value is -0.570. The highest BCUT2D eigenvalue weighted by molar-refractivity contribution is 5.70. The predicted molar refractivity (Wildman–Crippen MR) is 153 cm³/mol. The van der Waals surface area contributed by atoms with Gasteiger partial charge in [0.2, 0.25) is 0 Å². The molecule has 0 saturated heterocycles. The number of hydrogen-bond acceptors (Lipinski definition) is 3. The van der Waals surface area contributed by atoms with Crippen LogP contribution in [0.2, 0.25) is 0 Å². The molecule has 210 valence electrons. The summed E-state index contributed by atoms with van der Waals surface area (Å²) in [7, 11) is 0. The second kappa shape index (κ2) is 31.5. The topological polar surface area (TPSA) is 35.5 Å². The molecule has 0 amide bonds. The third-order valence-corrected chi connectivity index (χ3v) is 7.12. The van der Waals surface area contributed by atoms with Crippen LogP contribution in [0, 0.1) is 0 Å². The van der Waals surface area contributed by atoms with Crippen LogP contribution in [0.25, 0.3) is 0 Å². The molecule has 0 radical (unpaired) electrons. The van der Waals surface area contributed by atoms with Gasteiger partial charge in [0.05, 0.1) is 6.61 Å². The first-order valence-electron chi connectivity index (χ1n) is 16.0. The average Bonchev–Trinajstić information content (AvgIpc) is 2.86. The number of carbonyl (C=O) groups is 1. The van der Waals surface area contributed by atoms with Gasteiger partial charge in [0.1, 0.15) is 6.61 Å². The molecule has 0 atom stereocenters. The van der Waals surface area contributed by atoms with Crippen LogP contribution in [0.1, 0.15) is 181 Å². The van der Waals surface area contributed by atoms with Crippen molar-refractivity contribution in [1.29, 1.82) is 0 Å². The van der Waals surface area contributed by atoms with Crippen molar-refractivity contribution in [2.24, 2.45) is 0 Å². The van der Waals surface area contributed by atoms with Crippen LogP contribution in [0.4, 0.5) is 0 Å². The lowest BCUT2D eigenvalue weighted by molar-refractivity contribution is -0.149. The van der Waals surface area contributed by atoms with E-state index in [0.717, 1.165) is 12.8 Å². The van der Waals surface area contributed by atoms with Gasteiger partial charge in [-0.3, -0.25) is 0 Å². The number of unbranched alkanes of at least 4 members (excludes halogenated alkanes) is 24. The number of carbonyl (C=O) groups excluding carboxylic acids is 1.